The number of nitrogens with two attached hydrogens (primary N) is 1. The lowest BCUT2D eigenvalue weighted by Gasteiger charge is -2.31. The molecule has 106 valence electrons. The normalized spacial score (nSPS) is 24.9. The molecule has 0 bridgehead atoms. The number of hydrogen-bond donors (Lipinski definition) is 1. The van der Waals surface area contributed by atoms with Gasteiger partial charge in [0.2, 0.25) is 5.91 Å². The lowest BCUT2D eigenvalue weighted by Crippen LogP contribution is -2.45. The molecule has 2 N–H and O–H groups in total. The van der Waals surface area contributed by atoms with Crippen molar-refractivity contribution in [3.05, 3.63) is 0 Å². The van der Waals surface area contributed by atoms with E-state index in [4.69, 9.17) is 5.73 Å². The average molecular weight is 275 g/mol. The first-order chi connectivity index (χ1) is 8.25. The zero-order chi connectivity index (χ0) is 12.1. The number of halogens is 1. The molecule has 2 rings (SSSR count). The zero-order valence-electron chi connectivity index (χ0n) is 11.3. The predicted molar refractivity (Wildman–Crippen MR) is 76.8 cm³/mol. The Kier molecular flexibility index (Phi) is 7.02. The summed E-state index contributed by atoms with van der Waals surface area (Å²) in [5, 5.41) is 0. The minimum absolute atomic E-state index is 0. The van der Waals surface area contributed by atoms with Gasteiger partial charge in [0, 0.05) is 25.6 Å². The molecule has 1 saturated heterocycles. The minimum atomic E-state index is 0. The Hall–Kier alpha value is -0.280. The van der Waals surface area contributed by atoms with Crippen LogP contribution in [0.4, 0.5) is 0 Å². The van der Waals surface area contributed by atoms with Gasteiger partial charge in [0.1, 0.15) is 0 Å². The average Bonchev–Trinajstić information content (AvgIpc) is 2.82. The van der Waals surface area contributed by atoms with Gasteiger partial charge in [-0.1, -0.05) is 25.7 Å². The molecule has 1 aliphatic carbocycles. The van der Waals surface area contributed by atoms with Crippen molar-refractivity contribution in [2.45, 2.75) is 63.8 Å². The van der Waals surface area contributed by atoms with E-state index in [0.717, 1.165) is 44.7 Å². The van der Waals surface area contributed by atoms with Crippen LogP contribution in [0.2, 0.25) is 0 Å². The molecule has 0 aromatic rings. The van der Waals surface area contributed by atoms with E-state index < -0.39 is 0 Å². The summed E-state index contributed by atoms with van der Waals surface area (Å²) >= 11 is 0. The molecule has 1 unspecified atom stereocenters. The Bertz CT molecular complexity index is 254. The van der Waals surface area contributed by atoms with Crippen molar-refractivity contribution in [2.24, 2.45) is 11.7 Å². The number of likely N-dealkylation sites (tertiary alicyclic amines) is 1. The summed E-state index contributed by atoms with van der Waals surface area (Å²) in [5.74, 6) is 1.24. The van der Waals surface area contributed by atoms with Gasteiger partial charge in [-0.2, -0.15) is 0 Å². The second kappa shape index (κ2) is 8.00. The predicted octanol–water partition coefficient (Wildman–Crippen LogP) is 2.72. The highest BCUT2D eigenvalue weighted by molar-refractivity contribution is 5.85. The number of amides is 1. The van der Waals surface area contributed by atoms with Crippen molar-refractivity contribution < 1.29 is 4.79 Å². The van der Waals surface area contributed by atoms with E-state index in [1.807, 2.05) is 4.90 Å². The van der Waals surface area contributed by atoms with Crippen LogP contribution in [0.25, 0.3) is 0 Å². The molecule has 3 nitrogen and oxygen atoms in total. The van der Waals surface area contributed by atoms with Crippen molar-refractivity contribution >= 4 is 18.3 Å². The standard InChI is InChI=1S/C14H26N2O.ClH/c15-13-8-4-10-16(11-13)14(17)9-3-7-12-5-1-2-6-12;/h12-13H,1-11,15H2;1H. The van der Waals surface area contributed by atoms with Crippen LogP contribution in [0.1, 0.15) is 57.8 Å². The SMILES string of the molecule is Cl.NC1CCCN(C(=O)CCCC2CCCC2)C1. The molecule has 4 heteroatoms. The lowest BCUT2D eigenvalue weighted by atomic mass is 10.00. The molecule has 2 aliphatic rings. The molecule has 0 aromatic heterocycles. The monoisotopic (exact) mass is 274 g/mol. The number of carbonyl (C=O) groups is 1. The molecule has 1 atom stereocenters. The van der Waals surface area contributed by atoms with E-state index in [-0.39, 0.29) is 18.4 Å². The summed E-state index contributed by atoms with van der Waals surface area (Å²) < 4.78 is 0. The highest BCUT2D eigenvalue weighted by Gasteiger charge is 2.21. The molecular formula is C14H27ClN2O. The molecular weight excluding hydrogens is 248 g/mol. The minimum Gasteiger partial charge on any atom is -0.341 e. The van der Waals surface area contributed by atoms with Crippen LogP contribution in [0.15, 0.2) is 0 Å². The third-order valence-electron chi connectivity index (χ3n) is 4.29. The quantitative estimate of drug-likeness (QED) is 0.857. The lowest BCUT2D eigenvalue weighted by molar-refractivity contribution is -0.132. The summed E-state index contributed by atoms with van der Waals surface area (Å²) in [6, 6.07) is 0.211. The van der Waals surface area contributed by atoms with E-state index in [2.05, 4.69) is 0 Å². The molecule has 1 aliphatic heterocycles. The number of hydrogen-bond acceptors (Lipinski definition) is 2. The van der Waals surface area contributed by atoms with E-state index in [1.54, 1.807) is 0 Å². The molecule has 1 amide bonds. The van der Waals surface area contributed by atoms with Gasteiger partial charge in [-0.15, -0.1) is 12.4 Å². The zero-order valence-corrected chi connectivity index (χ0v) is 12.1. The molecule has 0 aromatic carbocycles. The topological polar surface area (TPSA) is 46.3 Å². The van der Waals surface area contributed by atoms with Gasteiger partial charge in [-0.3, -0.25) is 4.79 Å². The van der Waals surface area contributed by atoms with Gasteiger partial charge in [-0.05, 0) is 31.6 Å². The second-order valence-electron chi connectivity index (χ2n) is 5.78. The first-order valence-corrected chi connectivity index (χ1v) is 7.29. The van der Waals surface area contributed by atoms with Gasteiger partial charge in [-0.25, -0.2) is 0 Å². The van der Waals surface area contributed by atoms with Crippen LogP contribution in [0, 0.1) is 5.92 Å². The van der Waals surface area contributed by atoms with E-state index in [1.165, 1.54) is 32.1 Å². The van der Waals surface area contributed by atoms with Crippen molar-refractivity contribution in [3.63, 3.8) is 0 Å². The van der Waals surface area contributed by atoms with Crippen LogP contribution in [-0.4, -0.2) is 29.9 Å². The summed E-state index contributed by atoms with van der Waals surface area (Å²) in [6.07, 6.45) is 10.8. The Morgan fingerprint density at radius 3 is 2.56 bits per heavy atom. The summed E-state index contributed by atoms with van der Waals surface area (Å²) in [5.41, 5.74) is 5.90. The number of rotatable bonds is 4. The van der Waals surface area contributed by atoms with Crippen molar-refractivity contribution in [2.75, 3.05) is 13.1 Å². The van der Waals surface area contributed by atoms with E-state index in [0.29, 0.717) is 5.91 Å². The summed E-state index contributed by atoms with van der Waals surface area (Å²) in [4.78, 5) is 14.0. The van der Waals surface area contributed by atoms with Crippen LogP contribution < -0.4 is 5.73 Å². The van der Waals surface area contributed by atoms with Crippen LogP contribution in [-0.2, 0) is 4.79 Å². The van der Waals surface area contributed by atoms with Gasteiger partial charge in [0.05, 0.1) is 0 Å². The molecule has 2 fully saturated rings. The third-order valence-corrected chi connectivity index (χ3v) is 4.29. The van der Waals surface area contributed by atoms with Crippen molar-refractivity contribution in [1.82, 2.24) is 4.90 Å². The smallest absolute Gasteiger partial charge is 0.222 e. The van der Waals surface area contributed by atoms with Gasteiger partial charge >= 0.3 is 0 Å². The number of carbonyl (C=O) groups excluding carboxylic acids is 1. The number of piperidine rings is 1. The fourth-order valence-corrected chi connectivity index (χ4v) is 3.24. The van der Waals surface area contributed by atoms with Crippen LogP contribution in [0.3, 0.4) is 0 Å². The van der Waals surface area contributed by atoms with E-state index >= 15 is 0 Å². The maximum Gasteiger partial charge on any atom is 0.222 e. The molecule has 1 heterocycles. The van der Waals surface area contributed by atoms with Crippen LogP contribution in [0.5, 0.6) is 0 Å². The Morgan fingerprint density at radius 2 is 1.89 bits per heavy atom. The molecule has 0 radical (unpaired) electrons. The fourth-order valence-electron chi connectivity index (χ4n) is 3.24. The third kappa shape index (κ3) is 4.77. The van der Waals surface area contributed by atoms with E-state index in [9.17, 15) is 4.79 Å². The molecule has 18 heavy (non-hydrogen) atoms. The first kappa shape index (κ1) is 15.8. The maximum absolute atomic E-state index is 12.0. The molecule has 0 spiro atoms. The number of nitrogens with zero attached hydrogens (tertiary/aromatic N) is 1. The largest absolute Gasteiger partial charge is 0.341 e. The second-order valence-corrected chi connectivity index (χ2v) is 5.78. The van der Waals surface area contributed by atoms with Gasteiger partial charge in [0.15, 0.2) is 0 Å². The van der Waals surface area contributed by atoms with Crippen molar-refractivity contribution in [1.29, 1.82) is 0 Å². The van der Waals surface area contributed by atoms with Gasteiger partial charge < -0.3 is 10.6 Å². The Balaban J connectivity index is 0.00000162. The van der Waals surface area contributed by atoms with Crippen LogP contribution >= 0.6 is 12.4 Å². The highest BCUT2D eigenvalue weighted by Crippen LogP contribution is 2.29. The van der Waals surface area contributed by atoms with Crippen molar-refractivity contribution in [3.8, 4) is 0 Å². The first-order valence-electron chi connectivity index (χ1n) is 7.29. The fraction of sp³-hybridized carbons (Fsp3) is 0.929. The molecule has 1 saturated carbocycles. The Morgan fingerprint density at radius 1 is 1.17 bits per heavy atom. The summed E-state index contributed by atoms with van der Waals surface area (Å²) in [6.45, 7) is 1.71. The van der Waals surface area contributed by atoms with Gasteiger partial charge in [0.25, 0.3) is 0 Å². The maximum atomic E-state index is 12.0. The Labute approximate surface area is 117 Å². The summed E-state index contributed by atoms with van der Waals surface area (Å²) in [7, 11) is 0. The highest BCUT2D eigenvalue weighted by atomic mass is 35.5.